The highest BCUT2D eigenvalue weighted by atomic mass is 35.5. The highest BCUT2D eigenvalue weighted by Gasteiger charge is 2.26. The second-order valence-corrected chi connectivity index (χ2v) is 7.02. The van der Waals surface area contributed by atoms with Gasteiger partial charge in [-0.05, 0) is 31.5 Å². The molecule has 0 radical (unpaired) electrons. The van der Waals surface area contributed by atoms with Gasteiger partial charge in [0.05, 0.1) is 18.8 Å². The number of aryl methyl sites for hydroxylation is 1. The van der Waals surface area contributed by atoms with Crippen LogP contribution in [0, 0.1) is 0 Å². The molecule has 0 spiro atoms. The Morgan fingerprint density at radius 2 is 2.04 bits per heavy atom. The maximum absolute atomic E-state index is 12.9. The summed E-state index contributed by atoms with van der Waals surface area (Å²) in [5.74, 6) is 0.538. The van der Waals surface area contributed by atoms with Crippen molar-refractivity contribution >= 4 is 34.4 Å². The monoisotopic (exact) mass is 386 g/mol. The van der Waals surface area contributed by atoms with Gasteiger partial charge in [0.1, 0.15) is 0 Å². The average molecular weight is 387 g/mol. The lowest BCUT2D eigenvalue weighted by Crippen LogP contribution is -2.39. The molecule has 3 heterocycles. The zero-order valence-corrected chi connectivity index (χ0v) is 16.1. The number of fused-ring (bicyclic) bond motifs is 3. The molecular formula is C18H19ClN6O2. The van der Waals surface area contributed by atoms with Crippen molar-refractivity contribution in [3.05, 3.63) is 55.7 Å². The Balaban J connectivity index is 1.93. The van der Waals surface area contributed by atoms with E-state index in [1.54, 1.807) is 19.0 Å². The number of benzene rings is 1. The largest absolute Gasteiger partial charge is 0.332 e. The van der Waals surface area contributed by atoms with Gasteiger partial charge in [-0.15, -0.1) is 0 Å². The summed E-state index contributed by atoms with van der Waals surface area (Å²) in [7, 11) is 1.63. The normalized spacial score (nSPS) is 13.8. The quantitative estimate of drug-likeness (QED) is 0.689. The minimum atomic E-state index is -0.371. The molecule has 140 valence electrons. The van der Waals surface area contributed by atoms with Gasteiger partial charge in [0.2, 0.25) is 5.95 Å². The standard InChI is InChI=1S/C18H19ClN6O2/c1-4-23-16(26)14-15(22(3)18(23)27)20-17-24(14)9-11(2)21-25(17)10-12-6-5-7-13(19)8-12/h5-8H,4,9-10H2,1-3H3. The van der Waals surface area contributed by atoms with E-state index in [4.69, 9.17) is 11.6 Å². The van der Waals surface area contributed by atoms with Crippen LogP contribution >= 0.6 is 11.6 Å². The maximum atomic E-state index is 12.9. The van der Waals surface area contributed by atoms with Crippen molar-refractivity contribution in [1.29, 1.82) is 0 Å². The number of nitrogens with zero attached hydrogens (tertiary/aromatic N) is 6. The van der Waals surface area contributed by atoms with Crippen molar-refractivity contribution in [2.24, 2.45) is 12.1 Å². The topological polar surface area (TPSA) is 77.4 Å². The lowest BCUT2D eigenvalue weighted by atomic mass is 10.2. The zero-order valence-electron chi connectivity index (χ0n) is 15.3. The molecule has 1 aliphatic heterocycles. The van der Waals surface area contributed by atoms with Crippen LogP contribution in [0.4, 0.5) is 5.95 Å². The Hall–Kier alpha value is -2.87. The van der Waals surface area contributed by atoms with Crippen LogP contribution < -0.4 is 16.3 Å². The van der Waals surface area contributed by atoms with Gasteiger partial charge >= 0.3 is 5.69 Å². The van der Waals surface area contributed by atoms with Gasteiger partial charge in [-0.1, -0.05) is 23.7 Å². The summed E-state index contributed by atoms with van der Waals surface area (Å²) in [6, 6.07) is 7.52. The number of aromatic nitrogens is 4. The number of hydrogen-bond acceptors (Lipinski definition) is 5. The van der Waals surface area contributed by atoms with Gasteiger partial charge in [0.15, 0.2) is 11.2 Å². The van der Waals surface area contributed by atoms with Gasteiger partial charge in [-0.25, -0.2) is 9.80 Å². The molecule has 0 fully saturated rings. The zero-order chi connectivity index (χ0) is 19.3. The molecule has 0 N–H and O–H groups in total. The van der Waals surface area contributed by atoms with E-state index in [1.165, 1.54) is 9.13 Å². The van der Waals surface area contributed by atoms with E-state index in [2.05, 4.69) is 10.1 Å². The van der Waals surface area contributed by atoms with Gasteiger partial charge < -0.3 is 0 Å². The van der Waals surface area contributed by atoms with Gasteiger partial charge in [0.25, 0.3) is 5.56 Å². The Morgan fingerprint density at radius 1 is 1.26 bits per heavy atom. The third-order valence-electron chi connectivity index (χ3n) is 4.66. The predicted molar refractivity (Wildman–Crippen MR) is 106 cm³/mol. The first-order valence-corrected chi connectivity index (χ1v) is 9.04. The Kier molecular flexibility index (Phi) is 4.15. The molecule has 1 aliphatic rings. The first kappa shape index (κ1) is 17.5. The molecule has 1 aromatic carbocycles. The van der Waals surface area contributed by atoms with Crippen LogP contribution in [0.3, 0.4) is 0 Å². The smallest absolute Gasteiger partial charge is 0.297 e. The highest BCUT2D eigenvalue weighted by Crippen LogP contribution is 2.25. The van der Waals surface area contributed by atoms with Gasteiger partial charge in [-0.3, -0.25) is 18.5 Å². The summed E-state index contributed by atoms with van der Waals surface area (Å²) in [5, 5.41) is 6.98. The van der Waals surface area contributed by atoms with Crippen LogP contribution in [0.25, 0.3) is 11.2 Å². The molecule has 9 heteroatoms. The molecule has 0 saturated carbocycles. The number of imidazole rings is 1. The highest BCUT2D eigenvalue weighted by molar-refractivity contribution is 6.30. The summed E-state index contributed by atoms with van der Waals surface area (Å²) in [6.07, 6.45) is 0. The van der Waals surface area contributed by atoms with Crippen LogP contribution in [0.1, 0.15) is 19.4 Å². The maximum Gasteiger partial charge on any atom is 0.332 e. The lowest BCUT2D eigenvalue weighted by molar-refractivity contribution is 0.634. The molecule has 8 nitrogen and oxygen atoms in total. The molecule has 27 heavy (non-hydrogen) atoms. The van der Waals surface area contributed by atoms with Crippen molar-refractivity contribution in [1.82, 2.24) is 18.7 Å². The van der Waals surface area contributed by atoms with Crippen LogP contribution in [0.5, 0.6) is 0 Å². The van der Waals surface area contributed by atoms with Crippen molar-refractivity contribution in [2.75, 3.05) is 5.01 Å². The van der Waals surface area contributed by atoms with Gasteiger partial charge in [-0.2, -0.15) is 10.1 Å². The lowest BCUT2D eigenvalue weighted by Gasteiger charge is -2.25. The fourth-order valence-corrected chi connectivity index (χ4v) is 3.62. The van der Waals surface area contributed by atoms with Gasteiger partial charge in [0, 0.05) is 18.6 Å². The van der Waals surface area contributed by atoms with E-state index in [0.29, 0.717) is 41.8 Å². The van der Waals surface area contributed by atoms with Crippen molar-refractivity contribution in [3.8, 4) is 0 Å². The van der Waals surface area contributed by atoms with Crippen molar-refractivity contribution in [2.45, 2.75) is 33.5 Å². The number of hydrazone groups is 1. The molecule has 2 aromatic heterocycles. The summed E-state index contributed by atoms with van der Waals surface area (Å²) < 4.78 is 4.47. The average Bonchev–Trinajstić information content (AvgIpc) is 3.00. The van der Waals surface area contributed by atoms with Crippen LogP contribution in [-0.2, 0) is 26.7 Å². The van der Waals surface area contributed by atoms with Crippen molar-refractivity contribution < 1.29 is 0 Å². The third-order valence-corrected chi connectivity index (χ3v) is 4.89. The van der Waals surface area contributed by atoms with E-state index < -0.39 is 0 Å². The summed E-state index contributed by atoms with van der Waals surface area (Å²) in [5.41, 5.74) is 1.90. The van der Waals surface area contributed by atoms with E-state index in [9.17, 15) is 9.59 Å². The first-order chi connectivity index (χ1) is 12.9. The minimum Gasteiger partial charge on any atom is -0.297 e. The van der Waals surface area contributed by atoms with Crippen LogP contribution in [0.2, 0.25) is 5.02 Å². The first-order valence-electron chi connectivity index (χ1n) is 8.66. The van der Waals surface area contributed by atoms with E-state index in [0.717, 1.165) is 11.3 Å². The molecule has 0 amide bonds. The molecule has 0 bridgehead atoms. The summed E-state index contributed by atoms with van der Waals surface area (Å²) in [6.45, 7) is 4.90. The fourth-order valence-electron chi connectivity index (χ4n) is 3.41. The number of halogens is 1. The summed E-state index contributed by atoms with van der Waals surface area (Å²) >= 11 is 6.09. The molecule has 4 rings (SSSR count). The molecule has 0 unspecified atom stereocenters. The number of rotatable bonds is 3. The number of hydrogen-bond donors (Lipinski definition) is 0. The second-order valence-electron chi connectivity index (χ2n) is 6.58. The van der Waals surface area contributed by atoms with E-state index in [1.807, 2.05) is 35.8 Å². The molecule has 0 aliphatic carbocycles. The Bertz CT molecular complexity index is 1200. The predicted octanol–water partition coefficient (Wildman–Crippen LogP) is 1.97. The third kappa shape index (κ3) is 2.76. The fraction of sp³-hybridized carbons (Fsp3) is 0.333. The Morgan fingerprint density at radius 3 is 2.74 bits per heavy atom. The Labute approximate surface area is 159 Å². The van der Waals surface area contributed by atoms with Crippen LogP contribution in [-0.4, -0.2) is 24.4 Å². The second kappa shape index (κ2) is 6.38. The molecule has 3 aromatic rings. The van der Waals surface area contributed by atoms with Crippen LogP contribution in [0.15, 0.2) is 39.0 Å². The van der Waals surface area contributed by atoms with Crippen molar-refractivity contribution in [3.63, 3.8) is 0 Å². The van der Waals surface area contributed by atoms with E-state index >= 15 is 0 Å². The van der Waals surface area contributed by atoms with E-state index in [-0.39, 0.29) is 11.2 Å². The minimum absolute atomic E-state index is 0.307. The summed E-state index contributed by atoms with van der Waals surface area (Å²) in [4.78, 5) is 29.9. The molecule has 0 saturated heterocycles. The molecule has 0 atom stereocenters. The molecular weight excluding hydrogens is 368 g/mol. The SMILES string of the molecule is CCn1c(=O)c2c(nc3n2CC(C)=NN3Cc2cccc(Cl)c2)n(C)c1=O. The number of anilines is 1.